The molecule has 0 aliphatic heterocycles. The second-order valence-corrected chi connectivity index (χ2v) is 5.79. The number of rotatable bonds is 8. The van der Waals surface area contributed by atoms with Crippen molar-refractivity contribution in [2.45, 2.75) is 13.1 Å². The first kappa shape index (κ1) is 17.5. The summed E-state index contributed by atoms with van der Waals surface area (Å²) in [5.74, 6) is 1.21. The van der Waals surface area contributed by atoms with Crippen LogP contribution in [0.15, 0.2) is 67.3 Å². The summed E-state index contributed by atoms with van der Waals surface area (Å²) < 4.78 is 12.5. The smallest absolute Gasteiger partial charge is 0.258 e. The molecule has 0 bridgehead atoms. The molecule has 0 saturated heterocycles. The number of carbonyl (C=O) groups excluding carboxylic acids is 1. The molecular formula is C20H21N3O3. The predicted molar refractivity (Wildman–Crippen MR) is 98.1 cm³/mol. The summed E-state index contributed by atoms with van der Waals surface area (Å²) in [6, 6.07) is 15.2. The highest BCUT2D eigenvalue weighted by Crippen LogP contribution is 2.16. The molecule has 0 aliphatic carbocycles. The Kier molecular flexibility index (Phi) is 5.88. The third-order valence-electron chi connectivity index (χ3n) is 3.87. The average molecular weight is 351 g/mol. The number of hydrogen-bond donors (Lipinski definition) is 1. The van der Waals surface area contributed by atoms with E-state index in [0.29, 0.717) is 12.3 Å². The van der Waals surface area contributed by atoms with E-state index in [-0.39, 0.29) is 12.5 Å². The van der Waals surface area contributed by atoms with E-state index in [4.69, 9.17) is 9.47 Å². The lowest BCUT2D eigenvalue weighted by Crippen LogP contribution is -2.28. The second-order valence-electron chi connectivity index (χ2n) is 5.79. The van der Waals surface area contributed by atoms with Gasteiger partial charge < -0.3 is 19.4 Å². The highest BCUT2D eigenvalue weighted by Gasteiger charge is 2.04. The summed E-state index contributed by atoms with van der Waals surface area (Å²) in [5.41, 5.74) is 2.22. The van der Waals surface area contributed by atoms with Crippen molar-refractivity contribution in [3.8, 4) is 11.5 Å². The molecule has 0 radical (unpaired) electrons. The number of methoxy groups -OCH3 is 1. The number of hydrogen-bond acceptors (Lipinski definition) is 4. The molecule has 1 N–H and O–H groups in total. The van der Waals surface area contributed by atoms with Crippen LogP contribution >= 0.6 is 0 Å². The Balaban J connectivity index is 1.42. The zero-order valence-electron chi connectivity index (χ0n) is 14.6. The van der Waals surface area contributed by atoms with Crippen LogP contribution in [0.5, 0.6) is 11.5 Å². The molecule has 1 amide bonds. The lowest BCUT2D eigenvalue weighted by Gasteiger charge is -2.09. The quantitative estimate of drug-likeness (QED) is 0.678. The minimum absolute atomic E-state index is 0.0228. The monoisotopic (exact) mass is 351 g/mol. The van der Waals surface area contributed by atoms with Crippen molar-refractivity contribution >= 4 is 5.91 Å². The normalized spacial score (nSPS) is 10.3. The van der Waals surface area contributed by atoms with Crippen molar-refractivity contribution in [3.63, 3.8) is 0 Å². The van der Waals surface area contributed by atoms with Crippen LogP contribution in [0, 0.1) is 0 Å². The molecule has 6 nitrogen and oxygen atoms in total. The molecule has 0 atom stereocenters. The third kappa shape index (κ3) is 5.11. The van der Waals surface area contributed by atoms with Crippen LogP contribution < -0.4 is 14.8 Å². The molecule has 3 rings (SSSR count). The Hall–Kier alpha value is -3.28. The van der Waals surface area contributed by atoms with Gasteiger partial charge in [0.2, 0.25) is 0 Å². The maximum absolute atomic E-state index is 11.9. The summed E-state index contributed by atoms with van der Waals surface area (Å²) in [7, 11) is 1.60. The largest absolute Gasteiger partial charge is 0.497 e. The SMILES string of the molecule is COc1ccc(OCC(=O)NCc2ccc(Cn3ccnc3)cc2)cc1. The van der Waals surface area contributed by atoms with Gasteiger partial charge in [-0.3, -0.25) is 4.79 Å². The minimum atomic E-state index is -0.164. The fourth-order valence-corrected chi connectivity index (χ4v) is 2.43. The Morgan fingerprint density at radius 3 is 2.38 bits per heavy atom. The number of nitrogens with one attached hydrogen (secondary N) is 1. The van der Waals surface area contributed by atoms with Crippen LogP contribution in [0.4, 0.5) is 0 Å². The topological polar surface area (TPSA) is 65.4 Å². The van der Waals surface area contributed by atoms with Gasteiger partial charge in [-0.2, -0.15) is 0 Å². The van der Waals surface area contributed by atoms with E-state index in [9.17, 15) is 4.79 Å². The predicted octanol–water partition coefficient (Wildman–Crippen LogP) is 2.64. The highest BCUT2D eigenvalue weighted by atomic mass is 16.5. The number of benzene rings is 2. The fourth-order valence-electron chi connectivity index (χ4n) is 2.43. The van der Waals surface area contributed by atoms with E-state index in [2.05, 4.69) is 22.4 Å². The van der Waals surface area contributed by atoms with Crippen LogP contribution in [0.25, 0.3) is 0 Å². The van der Waals surface area contributed by atoms with Gasteiger partial charge in [0.25, 0.3) is 5.91 Å². The van der Waals surface area contributed by atoms with Crippen LogP contribution in [0.2, 0.25) is 0 Å². The maximum atomic E-state index is 11.9. The molecule has 1 aromatic heterocycles. The van der Waals surface area contributed by atoms with E-state index in [1.165, 1.54) is 5.56 Å². The van der Waals surface area contributed by atoms with E-state index < -0.39 is 0 Å². The van der Waals surface area contributed by atoms with Gasteiger partial charge >= 0.3 is 0 Å². The van der Waals surface area contributed by atoms with Crippen molar-refractivity contribution in [1.29, 1.82) is 0 Å². The molecule has 6 heteroatoms. The average Bonchev–Trinajstić information content (AvgIpc) is 3.19. The zero-order chi connectivity index (χ0) is 18.2. The van der Waals surface area contributed by atoms with Crippen molar-refractivity contribution in [2.24, 2.45) is 0 Å². The lowest BCUT2D eigenvalue weighted by atomic mass is 10.1. The van der Waals surface area contributed by atoms with Gasteiger partial charge in [-0.1, -0.05) is 24.3 Å². The van der Waals surface area contributed by atoms with Gasteiger partial charge in [0.1, 0.15) is 11.5 Å². The number of imidazole rings is 1. The molecule has 134 valence electrons. The van der Waals surface area contributed by atoms with Gasteiger partial charge in [0.05, 0.1) is 13.4 Å². The molecule has 2 aromatic carbocycles. The van der Waals surface area contributed by atoms with Gasteiger partial charge in [0, 0.05) is 25.5 Å². The van der Waals surface area contributed by atoms with Gasteiger partial charge in [0.15, 0.2) is 6.61 Å². The molecule has 0 unspecified atom stereocenters. The Morgan fingerprint density at radius 1 is 1.04 bits per heavy atom. The van der Waals surface area contributed by atoms with Crippen molar-refractivity contribution in [3.05, 3.63) is 78.4 Å². The summed E-state index contributed by atoms with van der Waals surface area (Å²) in [4.78, 5) is 16.0. The van der Waals surface area contributed by atoms with Crippen LogP contribution in [-0.4, -0.2) is 29.2 Å². The van der Waals surface area contributed by atoms with Crippen LogP contribution in [-0.2, 0) is 17.9 Å². The Morgan fingerprint density at radius 2 is 1.73 bits per heavy atom. The summed E-state index contributed by atoms with van der Waals surface area (Å²) in [6.07, 6.45) is 5.48. The molecular weight excluding hydrogens is 330 g/mol. The van der Waals surface area contributed by atoms with Crippen molar-refractivity contribution in [2.75, 3.05) is 13.7 Å². The molecule has 0 saturated carbocycles. The molecule has 26 heavy (non-hydrogen) atoms. The van der Waals surface area contributed by atoms with E-state index >= 15 is 0 Å². The van der Waals surface area contributed by atoms with E-state index in [0.717, 1.165) is 17.9 Å². The van der Waals surface area contributed by atoms with Crippen molar-refractivity contribution in [1.82, 2.24) is 14.9 Å². The van der Waals surface area contributed by atoms with Gasteiger partial charge in [-0.15, -0.1) is 0 Å². The molecule has 3 aromatic rings. The Bertz CT molecular complexity index is 813. The lowest BCUT2D eigenvalue weighted by molar-refractivity contribution is -0.123. The minimum Gasteiger partial charge on any atom is -0.497 e. The molecule has 0 spiro atoms. The van der Waals surface area contributed by atoms with Crippen LogP contribution in [0.3, 0.4) is 0 Å². The first-order valence-corrected chi connectivity index (χ1v) is 8.30. The van der Waals surface area contributed by atoms with E-state index in [1.807, 2.05) is 22.9 Å². The number of nitrogens with zero attached hydrogens (tertiary/aromatic N) is 2. The molecule has 0 aliphatic rings. The van der Waals surface area contributed by atoms with Gasteiger partial charge in [-0.25, -0.2) is 4.98 Å². The van der Waals surface area contributed by atoms with Gasteiger partial charge in [-0.05, 0) is 35.4 Å². The first-order chi connectivity index (χ1) is 12.7. The Labute approximate surface area is 152 Å². The third-order valence-corrected chi connectivity index (χ3v) is 3.87. The second kappa shape index (κ2) is 8.71. The molecule has 0 fully saturated rings. The number of amides is 1. The summed E-state index contributed by atoms with van der Waals surface area (Å²) in [5, 5.41) is 2.85. The number of aromatic nitrogens is 2. The van der Waals surface area contributed by atoms with Crippen LogP contribution in [0.1, 0.15) is 11.1 Å². The van der Waals surface area contributed by atoms with E-state index in [1.54, 1.807) is 43.9 Å². The zero-order valence-corrected chi connectivity index (χ0v) is 14.6. The summed E-state index contributed by atoms with van der Waals surface area (Å²) >= 11 is 0. The molecule has 1 heterocycles. The number of ether oxygens (including phenoxy) is 2. The maximum Gasteiger partial charge on any atom is 0.258 e. The summed E-state index contributed by atoms with van der Waals surface area (Å²) in [6.45, 7) is 1.23. The fraction of sp³-hybridized carbons (Fsp3) is 0.200. The van der Waals surface area contributed by atoms with Crippen molar-refractivity contribution < 1.29 is 14.3 Å². The highest BCUT2D eigenvalue weighted by molar-refractivity contribution is 5.77. The first-order valence-electron chi connectivity index (χ1n) is 8.30. The standard InChI is InChI=1S/C20H21N3O3/c1-25-18-6-8-19(9-7-18)26-14-20(24)22-12-16-2-4-17(5-3-16)13-23-11-10-21-15-23/h2-11,15H,12-14H2,1H3,(H,22,24). The number of carbonyl (C=O) groups is 1.